The molecule has 1 saturated heterocycles. The molecule has 7 heteroatoms. The maximum Gasteiger partial charge on any atom is 0.230 e. The van der Waals surface area contributed by atoms with Gasteiger partial charge in [0.25, 0.3) is 0 Å². The number of nitrogens with zero attached hydrogens (tertiary/aromatic N) is 4. The van der Waals surface area contributed by atoms with Crippen molar-refractivity contribution in [3.05, 3.63) is 102 Å². The summed E-state index contributed by atoms with van der Waals surface area (Å²) in [4.78, 5) is 5.27. The first kappa shape index (κ1) is 25.2. The molecule has 4 heterocycles. The van der Waals surface area contributed by atoms with E-state index in [1.165, 1.54) is 36.8 Å². The Labute approximate surface area is 235 Å². The molecule has 40 heavy (non-hydrogen) atoms. The van der Waals surface area contributed by atoms with Gasteiger partial charge in [0.05, 0.1) is 18.1 Å². The lowest BCUT2D eigenvalue weighted by Crippen LogP contribution is -2.49. The Balaban J connectivity index is 1.11. The maximum absolute atomic E-state index is 5.90. The van der Waals surface area contributed by atoms with Crippen LogP contribution in [0, 0.1) is 0 Å². The zero-order valence-electron chi connectivity index (χ0n) is 22.9. The average molecular weight is 537 g/mol. The molecule has 0 atom stereocenters. The van der Waals surface area contributed by atoms with Gasteiger partial charge in [-0.25, -0.2) is 4.68 Å². The van der Waals surface area contributed by atoms with E-state index in [0.29, 0.717) is 6.42 Å². The molecule has 3 aliphatic rings. The first-order valence-corrected chi connectivity index (χ1v) is 14.5. The summed E-state index contributed by atoms with van der Waals surface area (Å²) in [6.45, 7) is 5.62. The van der Waals surface area contributed by atoms with Gasteiger partial charge >= 0.3 is 0 Å². The van der Waals surface area contributed by atoms with E-state index in [1.54, 1.807) is 6.26 Å². The minimum Gasteiger partial charge on any atom is -0.463 e. The minimum atomic E-state index is 0.249. The SMILES string of the molecule is c1ccc(CC2=C(c3ccc(-n4ncc(CN5CCN(C6CCCC6)CC5)c4-c4ccco4)cc3)OCO2)cc1. The van der Waals surface area contributed by atoms with Crippen molar-refractivity contribution in [3.8, 4) is 17.1 Å². The van der Waals surface area contributed by atoms with Crippen LogP contribution in [0.4, 0.5) is 0 Å². The third-order valence-electron chi connectivity index (χ3n) is 8.51. The van der Waals surface area contributed by atoms with Gasteiger partial charge in [-0.2, -0.15) is 5.10 Å². The highest BCUT2D eigenvalue weighted by molar-refractivity contribution is 5.66. The van der Waals surface area contributed by atoms with Crippen LogP contribution in [0.3, 0.4) is 0 Å². The first-order valence-electron chi connectivity index (χ1n) is 14.5. The molecule has 2 fully saturated rings. The number of hydrogen-bond acceptors (Lipinski definition) is 6. The van der Waals surface area contributed by atoms with E-state index in [-0.39, 0.29) is 6.79 Å². The van der Waals surface area contributed by atoms with Crippen molar-refractivity contribution in [2.75, 3.05) is 33.0 Å². The number of rotatable bonds is 8. The van der Waals surface area contributed by atoms with Crippen LogP contribution < -0.4 is 0 Å². The number of piperazine rings is 1. The van der Waals surface area contributed by atoms with Crippen molar-refractivity contribution >= 4 is 5.76 Å². The van der Waals surface area contributed by atoms with Gasteiger partial charge in [-0.05, 0) is 54.8 Å². The summed E-state index contributed by atoms with van der Waals surface area (Å²) in [7, 11) is 0. The van der Waals surface area contributed by atoms with E-state index >= 15 is 0 Å². The highest BCUT2D eigenvalue weighted by Gasteiger charge is 2.27. The van der Waals surface area contributed by atoms with Gasteiger partial charge in [0.1, 0.15) is 11.5 Å². The van der Waals surface area contributed by atoms with Crippen molar-refractivity contribution in [2.24, 2.45) is 0 Å². The molecule has 2 aliphatic heterocycles. The quantitative estimate of drug-likeness (QED) is 0.271. The lowest BCUT2D eigenvalue weighted by molar-refractivity contribution is 0.0857. The molecule has 0 radical (unpaired) electrons. The van der Waals surface area contributed by atoms with E-state index in [9.17, 15) is 0 Å². The minimum absolute atomic E-state index is 0.249. The largest absolute Gasteiger partial charge is 0.463 e. The number of allylic oxidation sites excluding steroid dienone is 1. The zero-order valence-corrected chi connectivity index (χ0v) is 22.9. The number of ether oxygens (including phenoxy) is 2. The molecule has 7 rings (SSSR count). The summed E-state index contributed by atoms with van der Waals surface area (Å²) in [6, 6.07) is 23.5. The smallest absolute Gasteiger partial charge is 0.230 e. The lowest BCUT2D eigenvalue weighted by atomic mass is 10.1. The number of hydrogen-bond donors (Lipinski definition) is 0. The lowest BCUT2D eigenvalue weighted by Gasteiger charge is -2.38. The van der Waals surface area contributed by atoms with Crippen LogP contribution in [0.5, 0.6) is 0 Å². The van der Waals surface area contributed by atoms with Crippen LogP contribution in [-0.4, -0.2) is 58.6 Å². The Morgan fingerprint density at radius 2 is 1.62 bits per heavy atom. The van der Waals surface area contributed by atoms with Gasteiger partial charge in [0.2, 0.25) is 6.79 Å². The second-order valence-corrected chi connectivity index (χ2v) is 11.0. The average Bonchev–Trinajstić information content (AvgIpc) is 3.82. The first-order chi connectivity index (χ1) is 19.8. The van der Waals surface area contributed by atoms with E-state index in [1.807, 2.05) is 41.2 Å². The summed E-state index contributed by atoms with van der Waals surface area (Å²) in [5.41, 5.74) is 5.38. The predicted molar refractivity (Wildman–Crippen MR) is 154 cm³/mol. The fourth-order valence-corrected chi connectivity index (χ4v) is 6.38. The molecule has 7 nitrogen and oxygen atoms in total. The Hall–Kier alpha value is -3.81. The summed E-state index contributed by atoms with van der Waals surface area (Å²) in [6.07, 6.45) is 9.98. The molecule has 2 aromatic heterocycles. The Kier molecular flexibility index (Phi) is 7.15. The molecular formula is C33H36N4O3. The molecule has 206 valence electrons. The van der Waals surface area contributed by atoms with Gasteiger partial charge in [-0.3, -0.25) is 9.80 Å². The molecule has 2 aromatic carbocycles. The monoisotopic (exact) mass is 536 g/mol. The molecule has 0 unspecified atom stereocenters. The Bertz CT molecular complexity index is 1430. The van der Waals surface area contributed by atoms with Gasteiger partial charge in [0, 0.05) is 56.3 Å². The summed E-state index contributed by atoms with van der Waals surface area (Å²) in [5, 5.41) is 4.84. The zero-order chi connectivity index (χ0) is 26.7. The number of aromatic nitrogens is 2. The molecule has 1 saturated carbocycles. The highest BCUT2D eigenvalue weighted by Crippen LogP contribution is 2.32. The van der Waals surface area contributed by atoms with Crippen molar-refractivity contribution < 1.29 is 13.9 Å². The summed E-state index contributed by atoms with van der Waals surface area (Å²) >= 11 is 0. The van der Waals surface area contributed by atoms with Crippen LogP contribution in [0.1, 0.15) is 42.4 Å². The number of furan rings is 1. The second kappa shape index (κ2) is 11.4. The van der Waals surface area contributed by atoms with Crippen LogP contribution >= 0.6 is 0 Å². The fraction of sp³-hybridized carbons (Fsp3) is 0.364. The molecule has 1 aliphatic carbocycles. The normalized spacial score (nSPS) is 18.8. The van der Waals surface area contributed by atoms with Crippen LogP contribution in [-0.2, 0) is 22.4 Å². The van der Waals surface area contributed by atoms with E-state index in [4.69, 9.17) is 19.0 Å². The van der Waals surface area contributed by atoms with Crippen LogP contribution in [0.25, 0.3) is 22.9 Å². The van der Waals surface area contributed by atoms with Crippen molar-refractivity contribution in [3.63, 3.8) is 0 Å². The van der Waals surface area contributed by atoms with Gasteiger partial charge < -0.3 is 13.9 Å². The fourth-order valence-electron chi connectivity index (χ4n) is 6.38. The Morgan fingerprint density at radius 1 is 0.825 bits per heavy atom. The molecule has 0 spiro atoms. The number of benzene rings is 2. The third-order valence-corrected chi connectivity index (χ3v) is 8.51. The van der Waals surface area contributed by atoms with Crippen LogP contribution in [0.2, 0.25) is 0 Å². The highest BCUT2D eigenvalue weighted by atomic mass is 16.7. The molecule has 0 amide bonds. The second-order valence-electron chi connectivity index (χ2n) is 11.0. The van der Waals surface area contributed by atoms with E-state index < -0.39 is 0 Å². The maximum atomic E-state index is 5.90. The van der Waals surface area contributed by atoms with Gasteiger partial charge in [-0.15, -0.1) is 0 Å². The van der Waals surface area contributed by atoms with Crippen molar-refractivity contribution in [1.29, 1.82) is 0 Å². The topological polar surface area (TPSA) is 55.9 Å². The van der Waals surface area contributed by atoms with E-state index in [2.05, 4.69) is 46.2 Å². The summed E-state index contributed by atoms with van der Waals surface area (Å²) in [5.74, 6) is 2.51. The van der Waals surface area contributed by atoms with Crippen LogP contribution in [0.15, 0.2) is 89.4 Å². The predicted octanol–water partition coefficient (Wildman–Crippen LogP) is 6.11. The third kappa shape index (κ3) is 5.19. The standard InChI is InChI=1S/C33H36N4O3/c1-2-7-25(8-3-1)21-31-33(40-24-39-31)26-12-14-29(15-13-26)37-32(30-11-6-20-38-30)27(22-34-37)23-35-16-18-36(19-17-35)28-9-4-5-10-28/h1-3,6-8,11-15,20,22,28H,4-5,9-10,16-19,21,23-24H2. The summed E-state index contributed by atoms with van der Waals surface area (Å²) < 4.78 is 19.6. The van der Waals surface area contributed by atoms with Gasteiger partial charge in [-0.1, -0.05) is 43.2 Å². The Morgan fingerprint density at radius 3 is 2.38 bits per heavy atom. The van der Waals surface area contributed by atoms with Gasteiger partial charge in [0.15, 0.2) is 11.5 Å². The molecule has 4 aromatic rings. The van der Waals surface area contributed by atoms with Crippen molar-refractivity contribution in [2.45, 2.75) is 44.7 Å². The van der Waals surface area contributed by atoms with E-state index in [0.717, 1.165) is 73.0 Å². The molecular weight excluding hydrogens is 500 g/mol. The molecule has 0 N–H and O–H groups in total. The molecule has 0 bridgehead atoms. The van der Waals surface area contributed by atoms with Crippen molar-refractivity contribution in [1.82, 2.24) is 19.6 Å².